The monoisotopic (exact) mass is 494 g/mol. The highest BCUT2D eigenvalue weighted by Gasteiger charge is 2.22. The quantitative estimate of drug-likeness (QED) is 0.284. The minimum Gasteiger partial charge on any atom is -0.449 e. The lowest BCUT2D eigenvalue weighted by Gasteiger charge is -2.16. The topological polar surface area (TPSA) is 132 Å². The zero-order valence-corrected chi connectivity index (χ0v) is 19.6. The first kappa shape index (κ1) is 24.0. The molecular weight excluding hydrogens is 472 g/mol. The van der Waals surface area contributed by atoms with E-state index in [0.717, 1.165) is 29.9 Å². The zero-order valence-electron chi connectivity index (χ0n) is 18.8. The van der Waals surface area contributed by atoms with Gasteiger partial charge in [0.15, 0.2) is 11.2 Å². The summed E-state index contributed by atoms with van der Waals surface area (Å²) in [7, 11) is 0. The summed E-state index contributed by atoms with van der Waals surface area (Å²) < 4.78 is 5.28. The molecule has 3 aromatic rings. The summed E-state index contributed by atoms with van der Waals surface area (Å²) in [5.41, 5.74) is 2.18. The number of nitrogens with zero attached hydrogens (tertiary/aromatic N) is 3. The molecule has 180 valence electrons. The minimum atomic E-state index is -1.07. The summed E-state index contributed by atoms with van der Waals surface area (Å²) in [4.78, 5) is 53.3. The highest BCUT2D eigenvalue weighted by molar-refractivity contribution is 7.14. The van der Waals surface area contributed by atoms with Crippen molar-refractivity contribution in [2.24, 2.45) is 0 Å². The van der Waals surface area contributed by atoms with Crippen molar-refractivity contribution in [3.63, 3.8) is 0 Å². The number of anilines is 1. The van der Waals surface area contributed by atoms with Crippen LogP contribution in [0.2, 0.25) is 0 Å². The summed E-state index contributed by atoms with van der Waals surface area (Å²) in [6.07, 6.45) is 0.358. The van der Waals surface area contributed by atoms with Crippen LogP contribution in [0.4, 0.5) is 10.8 Å². The third-order valence-electron chi connectivity index (χ3n) is 5.47. The number of likely N-dealkylation sites (tertiary alicyclic amines) is 1. The molecule has 2 aromatic carbocycles. The fraction of sp³-hybridized carbons (Fsp3) is 0.250. The first-order chi connectivity index (χ1) is 16.8. The van der Waals surface area contributed by atoms with Crippen LogP contribution in [-0.4, -0.2) is 45.2 Å². The maximum absolute atomic E-state index is 12.5. The highest BCUT2D eigenvalue weighted by atomic mass is 32.1. The van der Waals surface area contributed by atoms with Gasteiger partial charge in [0.1, 0.15) is 0 Å². The normalized spacial score (nSPS) is 14.0. The molecule has 0 aliphatic carbocycles. The fourth-order valence-electron chi connectivity index (χ4n) is 3.57. The number of aromatic nitrogens is 1. The molecule has 1 unspecified atom stereocenters. The molecule has 35 heavy (non-hydrogen) atoms. The van der Waals surface area contributed by atoms with Crippen molar-refractivity contribution in [1.29, 1.82) is 0 Å². The van der Waals surface area contributed by atoms with Crippen LogP contribution in [-0.2, 0) is 20.9 Å². The molecule has 0 radical (unpaired) electrons. The van der Waals surface area contributed by atoms with E-state index in [1.807, 2.05) is 0 Å². The van der Waals surface area contributed by atoms with Gasteiger partial charge in [0, 0.05) is 42.6 Å². The number of thiazole rings is 1. The zero-order chi connectivity index (χ0) is 24.9. The van der Waals surface area contributed by atoms with E-state index in [1.165, 1.54) is 19.1 Å². The van der Waals surface area contributed by atoms with E-state index in [2.05, 4.69) is 10.3 Å². The average Bonchev–Trinajstić information content (AvgIpc) is 3.48. The van der Waals surface area contributed by atoms with E-state index in [4.69, 9.17) is 4.74 Å². The SMILES string of the molecule is CC(OC(=O)c1ccc(CN2CCCC2=O)cc1)C(=O)Nc1nc(-c2cccc([N+](=O)[O-])c2)cs1. The molecule has 10 nitrogen and oxygen atoms in total. The van der Waals surface area contributed by atoms with Crippen molar-refractivity contribution in [1.82, 2.24) is 9.88 Å². The van der Waals surface area contributed by atoms with Crippen molar-refractivity contribution < 1.29 is 24.0 Å². The number of esters is 1. The number of hydrogen-bond donors (Lipinski definition) is 1. The number of ether oxygens (including phenoxy) is 1. The summed E-state index contributed by atoms with van der Waals surface area (Å²) in [6, 6.07) is 12.8. The second-order valence-corrected chi connectivity index (χ2v) is 8.86. The van der Waals surface area contributed by atoms with Gasteiger partial charge in [-0.3, -0.25) is 25.0 Å². The summed E-state index contributed by atoms with van der Waals surface area (Å²) in [5.74, 6) is -1.07. The fourth-order valence-corrected chi connectivity index (χ4v) is 4.29. The molecule has 1 aliphatic rings. The van der Waals surface area contributed by atoms with Crippen LogP contribution in [0.15, 0.2) is 53.9 Å². The molecule has 4 rings (SSSR count). The average molecular weight is 495 g/mol. The van der Waals surface area contributed by atoms with Crippen molar-refractivity contribution in [2.45, 2.75) is 32.4 Å². The third kappa shape index (κ3) is 5.87. The molecule has 1 saturated heterocycles. The summed E-state index contributed by atoms with van der Waals surface area (Å²) in [6.45, 7) is 2.69. The molecule has 2 heterocycles. The first-order valence-electron chi connectivity index (χ1n) is 10.9. The summed E-state index contributed by atoms with van der Waals surface area (Å²) >= 11 is 1.15. The van der Waals surface area contributed by atoms with Gasteiger partial charge in [-0.05, 0) is 31.0 Å². The Hall–Kier alpha value is -4.12. The van der Waals surface area contributed by atoms with Crippen molar-refractivity contribution in [3.8, 4) is 11.3 Å². The lowest BCUT2D eigenvalue weighted by molar-refractivity contribution is -0.384. The molecule has 1 aliphatic heterocycles. The molecule has 1 N–H and O–H groups in total. The van der Waals surface area contributed by atoms with Gasteiger partial charge >= 0.3 is 5.97 Å². The van der Waals surface area contributed by atoms with Crippen LogP contribution in [0.25, 0.3) is 11.3 Å². The standard InChI is InChI=1S/C24H22N4O6S/c1-15(34-23(31)17-9-7-16(8-10-17)13-27-11-3-6-21(27)29)22(30)26-24-25-20(14-35-24)18-4-2-5-19(12-18)28(32)33/h2,4-5,7-10,12,14-15H,3,6,11,13H2,1H3,(H,25,26,30). The number of nitro benzene ring substituents is 1. The number of hydrogen-bond acceptors (Lipinski definition) is 8. The number of carbonyl (C=O) groups excluding carboxylic acids is 3. The van der Waals surface area contributed by atoms with E-state index in [9.17, 15) is 24.5 Å². The van der Waals surface area contributed by atoms with Crippen LogP contribution >= 0.6 is 11.3 Å². The lowest BCUT2D eigenvalue weighted by Crippen LogP contribution is -2.30. The van der Waals surface area contributed by atoms with E-state index in [0.29, 0.717) is 29.8 Å². The predicted octanol–water partition coefficient (Wildman–Crippen LogP) is 4.02. The largest absolute Gasteiger partial charge is 0.449 e. The number of carbonyl (C=O) groups is 3. The molecule has 11 heteroatoms. The smallest absolute Gasteiger partial charge is 0.338 e. The Morgan fingerprint density at radius 2 is 2.03 bits per heavy atom. The second-order valence-electron chi connectivity index (χ2n) is 8.00. The van der Waals surface area contributed by atoms with Gasteiger partial charge in [-0.15, -0.1) is 11.3 Å². The number of rotatable bonds is 8. The van der Waals surface area contributed by atoms with Gasteiger partial charge in [0.25, 0.3) is 11.6 Å². The Morgan fingerprint density at radius 1 is 1.26 bits per heavy atom. The molecule has 1 aromatic heterocycles. The Labute approximate surface area is 204 Å². The van der Waals surface area contributed by atoms with E-state index in [1.54, 1.807) is 46.7 Å². The molecule has 0 saturated carbocycles. The Morgan fingerprint density at radius 3 is 2.71 bits per heavy atom. The van der Waals surface area contributed by atoms with Crippen molar-refractivity contribution in [2.75, 3.05) is 11.9 Å². The Balaban J connectivity index is 1.32. The van der Waals surface area contributed by atoms with E-state index >= 15 is 0 Å². The van der Waals surface area contributed by atoms with Gasteiger partial charge < -0.3 is 9.64 Å². The molecule has 0 spiro atoms. The molecular formula is C24H22N4O6S. The molecule has 2 amide bonds. The van der Waals surface area contributed by atoms with E-state index < -0.39 is 22.9 Å². The summed E-state index contributed by atoms with van der Waals surface area (Å²) in [5, 5.41) is 15.5. The third-order valence-corrected chi connectivity index (χ3v) is 6.23. The molecule has 0 bridgehead atoms. The van der Waals surface area contributed by atoms with Gasteiger partial charge in [-0.1, -0.05) is 24.3 Å². The number of amides is 2. The number of nitro groups is 1. The van der Waals surface area contributed by atoms with Crippen LogP contribution in [0.5, 0.6) is 0 Å². The molecule has 1 atom stereocenters. The predicted molar refractivity (Wildman–Crippen MR) is 129 cm³/mol. The van der Waals surface area contributed by atoms with Gasteiger partial charge in [-0.2, -0.15) is 0 Å². The Bertz CT molecular complexity index is 1270. The second kappa shape index (κ2) is 10.4. The maximum atomic E-state index is 12.5. The van der Waals surface area contributed by atoms with E-state index in [-0.39, 0.29) is 16.7 Å². The van der Waals surface area contributed by atoms with Gasteiger partial charge in [-0.25, -0.2) is 9.78 Å². The lowest BCUT2D eigenvalue weighted by atomic mass is 10.1. The number of benzene rings is 2. The van der Waals surface area contributed by atoms with Crippen LogP contribution < -0.4 is 5.32 Å². The van der Waals surface area contributed by atoms with Crippen LogP contribution in [0, 0.1) is 10.1 Å². The number of non-ortho nitro benzene ring substituents is 1. The minimum absolute atomic E-state index is 0.0563. The van der Waals surface area contributed by atoms with Crippen molar-refractivity contribution in [3.05, 3.63) is 75.2 Å². The first-order valence-corrected chi connectivity index (χ1v) is 11.8. The van der Waals surface area contributed by atoms with Crippen molar-refractivity contribution >= 4 is 39.9 Å². The van der Waals surface area contributed by atoms with Crippen LogP contribution in [0.1, 0.15) is 35.7 Å². The van der Waals surface area contributed by atoms with Crippen LogP contribution in [0.3, 0.4) is 0 Å². The maximum Gasteiger partial charge on any atom is 0.338 e. The highest BCUT2D eigenvalue weighted by Crippen LogP contribution is 2.27. The molecule has 1 fully saturated rings. The number of nitrogens with one attached hydrogen (secondary N) is 1. The van der Waals surface area contributed by atoms with Gasteiger partial charge in [0.05, 0.1) is 16.2 Å². The Kier molecular flexibility index (Phi) is 7.16. The van der Waals surface area contributed by atoms with Gasteiger partial charge in [0.2, 0.25) is 5.91 Å².